The Kier molecular flexibility index (Phi) is 4.15. The fraction of sp³-hybridized carbons (Fsp3) is 0.300. The van der Waals surface area contributed by atoms with E-state index in [9.17, 15) is 13.2 Å². The van der Waals surface area contributed by atoms with E-state index in [2.05, 4.69) is 4.98 Å². The molecule has 0 aliphatic rings. The average molecular weight is 236 g/mol. The Morgan fingerprint density at radius 3 is 2.53 bits per heavy atom. The molecular formula is C10H9ClF3N. The van der Waals surface area contributed by atoms with Crippen LogP contribution in [0.15, 0.2) is 24.4 Å². The highest BCUT2D eigenvalue weighted by molar-refractivity contribution is 6.17. The Hall–Kier alpha value is -1.03. The molecule has 0 aliphatic heterocycles. The van der Waals surface area contributed by atoms with Crippen molar-refractivity contribution in [3.05, 3.63) is 35.7 Å². The van der Waals surface area contributed by atoms with Gasteiger partial charge in [-0.1, -0.05) is 6.08 Å². The van der Waals surface area contributed by atoms with Gasteiger partial charge in [0.2, 0.25) is 0 Å². The van der Waals surface area contributed by atoms with Gasteiger partial charge in [0, 0.05) is 12.1 Å². The first-order valence-corrected chi connectivity index (χ1v) is 4.83. The van der Waals surface area contributed by atoms with Crippen LogP contribution in [0.25, 0.3) is 6.08 Å². The summed E-state index contributed by atoms with van der Waals surface area (Å²) in [6.45, 7) is 0. The second-order valence-electron chi connectivity index (χ2n) is 2.85. The van der Waals surface area contributed by atoms with Crippen molar-refractivity contribution < 1.29 is 13.2 Å². The summed E-state index contributed by atoms with van der Waals surface area (Å²) in [5, 5.41) is 0. The number of hydrogen-bond acceptors (Lipinski definition) is 1. The van der Waals surface area contributed by atoms with Gasteiger partial charge >= 0.3 is 6.18 Å². The highest BCUT2D eigenvalue weighted by Gasteiger charge is 2.30. The summed E-state index contributed by atoms with van der Waals surface area (Å²) in [4.78, 5) is 3.67. The number of rotatable bonds is 3. The van der Waals surface area contributed by atoms with Gasteiger partial charge in [-0.15, -0.1) is 11.6 Å². The van der Waals surface area contributed by atoms with E-state index in [1.54, 1.807) is 12.2 Å². The zero-order valence-corrected chi connectivity index (χ0v) is 8.52. The van der Waals surface area contributed by atoms with Crippen LogP contribution in [0, 0.1) is 0 Å². The first-order valence-electron chi connectivity index (χ1n) is 4.30. The largest absolute Gasteiger partial charge is 0.417 e. The molecule has 0 atom stereocenters. The molecule has 0 radical (unpaired) electrons. The summed E-state index contributed by atoms with van der Waals surface area (Å²) >= 11 is 5.43. The quantitative estimate of drug-likeness (QED) is 0.728. The van der Waals surface area contributed by atoms with Gasteiger partial charge in [0.25, 0.3) is 0 Å². The topological polar surface area (TPSA) is 12.9 Å². The van der Waals surface area contributed by atoms with Crippen LogP contribution in [0.5, 0.6) is 0 Å². The average Bonchev–Trinajstić information content (AvgIpc) is 2.18. The lowest BCUT2D eigenvalue weighted by Gasteiger charge is -2.05. The summed E-state index contributed by atoms with van der Waals surface area (Å²) < 4.78 is 36.5. The summed E-state index contributed by atoms with van der Waals surface area (Å²) in [5.41, 5.74) is -0.245. The molecule has 1 aromatic heterocycles. The molecule has 1 heterocycles. The van der Waals surface area contributed by atoms with Crippen LogP contribution in [0.4, 0.5) is 13.2 Å². The lowest BCUT2D eigenvalue weighted by atomic mass is 10.2. The fourth-order valence-electron chi connectivity index (χ4n) is 0.939. The minimum atomic E-state index is -4.33. The monoisotopic (exact) mass is 235 g/mol. The van der Waals surface area contributed by atoms with E-state index in [1.165, 1.54) is 6.07 Å². The predicted molar refractivity (Wildman–Crippen MR) is 53.6 cm³/mol. The van der Waals surface area contributed by atoms with Crippen molar-refractivity contribution in [1.82, 2.24) is 4.98 Å². The third-order valence-corrected chi connectivity index (χ3v) is 1.90. The second kappa shape index (κ2) is 5.16. The summed E-state index contributed by atoms with van der Waals surface area (Å²) in [7, 11) is 0. The van der Waals surface area contributed by atoms with Crippen LogP contribution in [-0.2, 0) is 6.18 Å². The molecule has 1 nitrogen and oxygen atoms in total. The molecule has 0 fully saturated rings. The molecule has 0 N–H and O–H groups in total. The summed E-state index contributed by atoms with van der Waals surface area (Å²) in [6.07, 6.45) is 0.571. The Balaban J connectivity index is 2.73. The molecule has 0 aliphatic carbocycles. The molecule has 0 amide bonds. The van der Waals surface area contributed by atoms with E-state index in [-0.39, 0.29) is 0 Å². The van der Waals surface area contributed by atoms with Crippen molar-refractivity contribution in [2.24, 2.45) is 0 Å². The Morgan fingerprint density at radius 1 is 1.33 bits per heavy atom. The Labute approximate surface area is 90.6 Å². The first-order chi connectivity index (χ1) is 7.04. The van der Waals surface area contributed by atoms with Gasteiger partial charge in [0.15, 0.2) is 0 Å². The zero-order valence-electron chi connectivity index (χ0n) is 7.76. The summed E-state index contributed by atoms with van der Waals surface area (Å²) in [5.74, 6) is 0.483. The van der Waals surface area contributed by atoms with Crippen molar-refractivity contribution in [3.63, 3.8) is 0 Å². The number of hydrogen-bond donors (Lipinski definition) is 0. The maximum atomic E-state index is 12.2. The maximum Gasteiger partial charge on any atom is 0.417 e. The van der Waals surface area contributed by atoms with Gasteiger partial charge in [0.1, 0.15) is 0 Å². The zero-order chi connectivity index (χ0) is 11.3. The molecule has 0 bridgehead atoms. The van der Waals surface area contributed by atoms with E-state index in [0.717, 1.165) is 12.3 Å². The Bertz CT molecular complexity index is 330. The molecule has 15 heavy (non-hydrogen) atoms. The number of pyridine rings is 1. The highest BCUT2D eigenvalue weighted by atomic mass is 35.5. The van der Waals surface area contributed by atoms with Crippen LogP contribution < -0.4 is 0 Å². The van der Waals surface area contributed by atoms with E-state index in [0.29, 0.717) is 18.0 Å². The van der Waals surface area contributed by atoms with E-state index < -0.39 is 11.7 Å². The Morgan fingerprint density at radius 2 is 2.07 bits per heavy atom. The lowest BCUT2D eigenvalue weighted by Crippen LogP contribution is -2.05. The van der Waals surface area contributed by atoms with Crippen LogP contribution >= 0.6 is 11.6 Å². The van der Waals surface area contributed by atoms with Gasteiger partial charge in [0.05, 0.1) is 11.3 Å². The van der Waals surface area contributed by atoms with Crippen LogP contribution in [0.2, 0.25) is 0 Å². The highest BCUT2D eigenvalue weighted by Crippen LogP contribution is 2.28. The van der Waals surface area contributed by atoms with E-state index >= 15 is 0 Å². The fourth-order valence-corrected chi connectivity index (χ4v) is 1.06. The molecule has 0 spiro atoms. The standard InChI is InChI=1S/C10H9ClF3N/c11-6-2-1-3-9-5-4-8(7-15-9)10(12,13)14/h1,3-5,7H,2,6H2. The van der Waals surface area contributed by atoms with Crippen molar-refractivity contribution in [2.45, 2.75) is 12.6 Å². The van der Waals surface area contributed by atoms with Crippen molar-refractivity contribution in [1.29, 1.82) is 0 Å². The van der Waals surface area contributed by atoms with E-state index in [4.69, 9.17) is 11.6 Å². The van der Waals surface area contributed by atoms with Gasteiger partial charge in [-0.2, -0.15) is 13.2 Å². The molecule has 1 rings (SSSR count). The minimum Gasteiger partial charge on any atom is -0.256 e. The number of allylic oxidation sites excluding steroid dienone is 1. The van der Waals surface area contributed by atoms with Crippen LogP contribution in [0.1, 0.15) is 17.7 Å². The molecule has 0 aromatic carbocycles. The first kappa shape index (κ1) is 12.0. The second-order valence-corrected chi connectivity index (χ2v) is 3.23. The van der Waals surface area contributed by atoms with Gasteiger partial charge in [-0.3, -0.25) is 4.98 Å². The molecule has 82 valence electrons. The minimum absolute atomic E-state index is 0.483. The normalized spacial score (nSPS) is 12.3. The van der Waals surface area contributed by atoms with Crippen molar-refractivity contribution in [3.8, 4) is 0 Å². The number of aromatic nitrogens is 1. The predicted octanol–water partition coefficient (Wildman–Crippen LogP) is 3.74. The number of alkyl halides is 4. The van der Waals surface area contributed by atoms with Gasteiger partial charge < -0.3 is 0 Å². The van der Waals surface area contributed by atoms with Gasteiger partial charge in [-0.25, -0.2) is 0 Å². The molecular weight excluding hydrogens is 227 g/mol. The van der Waals surface area contributed by atoms with Gasteiger partial charge in [-0.05, 0) is 24.6 Å². The number of nitrogens with zero attached hydrogens (tertiary/aromatic N) is 1. The number of halogens is 4. The van der Waals surface area contributed by atoms with Crippen molar-refractivity contribution >= 4 is 17.7 Å². The molecule has 0 unspecified atom stereocenters. The molecule has 0 saturated carbocycles. The van der Waals surface area contributed by atoms with E-state index in [1.807, 2.05) is 0 Å². The smallest absolute Gasteiger partial charge is 0.256 e. The SMILES string of the molecule is FC(F)(F)c1ccc(C=CCCCl)nc1. The lowest BCUT2D eigenvalue weighted by molar-refractivity contribution is -0.137. The third kappa shape index (κ3) is 3.91. The molecule has 5 heteroatoms. The van der Waals surface area contributed by atoms with Crippen LogP contribution in [-0.4, -0.2) is 10.9 Å². The molecule has 0 saturated heterocycles. The van der Waals surface area contributed by atoms with Crippen LogP contribution in [0.3, 0.4) is 0 Å². The maximum absolute atomic E-state index is 12.2. The third-order valence-electron chi connectivity index (χ3n) is 1.68. The molecule has 1 aromatic rings. The van der Waals surface area contributed by atoms with Crippen molar-refractivity contribution in [2.75, 3.05) is 5.88 Å². The summed E-state index contributed by atoms with van der Waals surface area (Å²) in [6, 6.07) is 2.33.